The van der Waals surface area contributed by atoms with Crippen LogP contribution in [-0.2, 0) is 0 Å². The second-order valence-electron chi connectivity index (χ2n) is 3.45. The van der Waals surface area contributed by atoms with Crippen molar-refractivity contribution in [3.05, 3.63) is 54.4 Å². The third-order valence-electron chi connectivity index (χ3n) is 2.57. The van der Waals surface area contributed by atoms with E-state index in [2.05, 4.69) is 30.3 Å². The Bertz CT molecular complexity index is 538. The van der Waals surface area contributed by atoms with Gasteiger partial charge in [0.1, 0.15) is 0 Å². The zero-order valence-corrected chi connectivity index (χ0v) is 10.8. The Morgan fingerprint density at radius 2 is 1.59 bits per heavy atom. The zero-order valence-electron chi connectivity index (χ0n) is 10.8. The Morgan fingerprint density at radius 3 is 2.12 bits per heavy atom. The van der Waals surface area contributed by atoms with Gasteiger partial charge in [-0.05, 0) is 18.4 Å². The SMILES string of the molecule is C=Cc1nc(C)c2ccccc2c1C=C.CC. The largest absolute Gasteiger partial charge is 0.252 e. The number of benzene rings is 1. The lowest BCUT2D eigenvalue weighted by atomic mass is 10.0. The lowest BCUT2D eigenvalue weighted by Gasteiger charge is -2.08. The van der Waals surface area contributed by atoms with Gasteiger partial charge in [0.2, 0.25) is 0 Å². The molecule has 1 aromatic carbocycles. The molecular formula is C16H19N. The average molecular weight is 225 g/mol. The Labute approximate surface area is 104 Å². The number of aryl methyl sites for hydroxylation is 1. The van der Waals surface area contributed by atoms with E-state index in [4.69, 9.17) is 0 Å². The molecule has 17 heavy (non-hydrogen) atoms. The minimum absolute atomic E-state index is 0.904. The number of aromatic nitrogens is 1. The van der Waals surface area contributed by atoms with Gasteiger partial charge in [-0.25, -0.2) is 0 Å². The van der Waals surface area contributed by atoms with Crippen LogP contribution in [0.2, 0.25) is 0 Å². The summed E-state index contributed by atoms with van der Waals surface area (Å²) in [6, 6.07) is 8.23. The molecule has 1 aromatic heterocycles. The molecule has 1 nitrogen and oxygen atoms in total. The number of pyridine rings is 1. The highest BCUT2D eigenvalue weighted by Gasteiger charge is 2.06. The van der Waals surface area contributed by atoms with E-state index in [0.29, 0.717) is 0 Å². The summed E-state index contributed by atoms with van der Waals surface area (Å²) in [5.74, 6) is 0. The van der Waals surface area contributed by atoms with E-state index >= 15 is 0 Å². The van der Waals surface area contributed by atoms with Crippen LogP contribution in [0.25, 0.3) is 22.9 Å². The van der Waals surface area contributed by atoms with E-state index in [1.807, 2.05) is 39.0 Å². The van der Waals surface area contributed by atoms with E-state index < -0.39 is 0 Å². The summed E-state index contributed by atoms with van der Waals surface area (Å²) >= 11 is 0. The van der Waals surface area contributed by atoms with Crippen molar-refractivity contribution >= 4 is 22.9 Å². The highest BCUT2D eigenvalue weighted by Crippen LogP contribution is 2.24. The van der Waals surface area contributed by atoms with Crippen molar-refractivity contribution in [2.45, 2.75) is 20.8 Å². The van der Waals surface area contributed by atoms with Crippen LogP contribution >= 0.6 is 0 Å². The molecule has 1 heterocycles. The lowest BCUT2D eigenvalue weighted by Crippen LogP contribution is -1.93. The van der Waals surface area contributed by atoms with Gasteiger partial charge in [0.05, 0.1) is 5.69 Å². The monoisotopic (exact) mass is 225 g/mol. The Balaban J connectivity index is 0.000000686. The third-order valence-corrected chi connectivity index (χ3v) is 2.57. The van der Waals surface area contributed by atoms with E-state index in [0.717, 1.165) is 17.0 Å². The first-order valence-electron chi connectivity index (χ1n) is 5.92. The molecule has 0 saturated heterocycles. The molecule has 0 aliphatic rings. The summed E-state index contributed by atoms with van der Waals surface area (Å²) in [7, 11) is 0. The molecule has 0 aliphatic carbocycles. The molecule has 0 radical (unpaired) electrons. The molecule has 0 fully saturated rings. The van der Waals surface area contributed by atoms with E-state index in [1.54, 1.807) is 6.08 Å². The standard InChI is InChI=1S/C14H13N.C2H6/c1-4-11-13-9-7-6-8-12(13)10(3)15-14(11)5-2;1-2/h4-9H,1-2H2,3H3;1-2H3. The summed E-state index contributed by atoms with van der Waals surface area (Å²) in [4.78, 5) is 4.50. The molecule has 0 bridgehead atoms. The average Bonchev–Trinajstić information content (AvgIpc) is 2.41. The Morgan fingerprint density at radius 1 is 1.00 bits per heavy atom. The minimum atomic E-state index is 0.904. The fourth-order valence-electron chi connectivity index (χ4n) is 1.84. The van der Waals surface area contributed by atoms with Gasteiger partial charge >= 0.3 is 0 Å². The molecule has 0 N–H and O–H groups in total. The zero-order chi connectivity index (χ0) is 12.8. The van der Waals surface area contributed by atoms with Crippen molar-refractivity contribution < 1.29 is 0 Å². The third kappa shape index (κ3) is 2.44. The molecule has 0 atom stereocenters. The summed E-state index contributed by atoms with van der Waals surface area (Å²) in [5.41, 5.74) is 3.00. The van der Waals surface area contributed by atoms with Crippen LogP contribution in [0.1, 0.15) is 30.8 Å². The van der Waals surface area contributed by atoms with Crippen LogP contribution in [0.3, 0.4) is 0 Å². The predicted molar refractivity (Wildman–Crippen MR) is 78.0 cm³/mol. The summed E-state index contributed by atoms with van der Waals surface area (Å²) in [6.07, 6.45) is 3.61. The van der Waals surface area contributed by atoms with Gasteiger partial charge in [-0.3, -0.25) is 4.98 Å². The smallest absolute Gasteiger partial charge is 0.0705 e. The van der Waals surface area contributed by atoms with Crippen molar-refractivity contribution in [1.29, 1.82) is 0 Å². The number of nitrogens with zero attached hydrogens (tertiary/aromatic N) is 1. The molecule has 2 rings (SSSR count). The highest BCUT2D eigenvalue weighted by atomic mass is 14.7. The van der Waals surface area contributed by atoms with Crippen LogP contribution < -0.4 is 0 Å². The van der Waals surface area contributed by atoms with E-state index in [9.17, 15) is 0 Å². The first-order valence-corrected chi connectivity index (χ1v) is 5.92. The van der Waals surface area contributed by atoms with Gasteiger partial charge in [-0.15, -0.1) is 0 Å². The molecule has 0 spiro atoms. The molecule has 0 aliphatic heterocycles. The summed E-state index contributed by atoms with van der Waals surface area (Å²) < 4.78 is 0. The van der Waals surface area contributed by atoms with Crippen LogP contribution in [0.15, 0.2) is 37.4 Å². The minimum Gasteiger partial charge on any atom is -0.252 e. The topological polar surface area (TPSA) is 12.9 Å². The van der Waals surface area contributed by atoms with Crippen LogP contribution in [0.5, 0.6) is 0 Å². The number of hydrogen-bond donors (Lipinski definition) is 0. The fraction of sp³-hybridized carbons (Fsp3) is 0.188. The van der Waals surface area contributed by atoms with Crippen molar-refractivity contribution in [3.63, 3.8) is 0 Å². The first kappa shape index (κ1) is 13.2. The van der Waals surface area contributed by atoms with Crippen molar-refractivity contribution in [2.24, 2.45) is 0 Å². The fourth-order valence-corrected chi connectivity index (χ4v) is 1.84. The van der Waals surface area contributed by atoms with Crippen molar-refractivity contribution in [1.82, 2.24) is 4.98 Å². The molecular weight excluding hydrogens is 206 g/mol. The Kier molecular flexibility index (Phi) is 4.65. The molecule has 0 saturated carbocycles. The summed E-state index contributed by atoms with van der Waals surface area (Å²) in [6.45, 7) is 13.6. The highest BCUT2D eigenvalue weighted by molar-refractivity contribution is 5.94. The second kappa shape index (κ2) is 6.00. The van der Waals surface area contributed by atoms with E-state index in [1.165, 1.54) is 10.8 Å². The van der Waals surface area contributed by atoms with Gasteiger partial charge in [0, 0.05) is 16.6 Å². The van der Waals surface area contributed by atoms with Crippen molar-refractivity contribution in [3.8, 4) is 0 Å². The second-order valence-corrected chi connectivity index (χ2v) is 3.45. The first-order chi connectivity index (χ1) is 8.27. The quantitative estimate of drug-likeness (QED) is 0.711. The normalized spacial score (nSPS) is 9.35. The van der Waals surface area contributed by atoms with Gasteiger partial charge in [-0.2, -0.15) is 0 Å². The molecule has 0 amide bonds. The maximum atomic E-state index is 4.50. The van der Waals surface area contributed by atoms with Crippen molar-refractivity contribution in [2.75, 3.05) is 0 Å². The molecule has 1 heteroatoms. The van der Waals surface area contributed by atoms with Gasteiger partial charge in [-0.1, -0.05) is 57.3 Å². The molecule has 2 aromatic rings. The van der Waals surface area contributed by atoms with Gasteiger partial charge < -0.3 is 0 Å². The Hall–Kier alpha value is -1.89. The van der Waals surface area contributed by atoms with E-state index in [-0.39, 0.29) is 0 Å². The van der Waals surface area contributed by atoms with Crippen LogP contribution in [-0.4, -0.2) is 4.98 Å². The van der Waals surface area contributed by atoms with Crippen LogP contribution in [0.4, 0.5) is 0 Å². The van der Waals surface area contributed by atoms with Gasteiger partial charge in [0.25, 0.3) is 0 Å². The molecule has 0 unspecified atom stereocenters. The summed E-state index contributed by atoms with van der Waals surface area (Å²) in [5, 5.41) is 2.37. The van der Waals surface area contributed by atoms with Crippen LogP contribution in [0, 0.1) is 6.92 Å². The van der Waals surface area contributed by atoms with Gasteiger partial charge in [0.15, 0.2) is 0 Å². The molecule has 88 valence electrons. The number of hydrogen-bond acceptors (Lipinski definition) is 1. The predicted octanol–water partition coefficient (Wildman–Crippen LogP) is 4.86. The maximum absolute atomic E-state index is 4.50. The maximum Gasteiger partial charge on any atom is 0.0705 e. The number of rotatable bonds is 2. The lowest BCUT2D eigenvalue weighted by molar-refractivity contribution is 1.21. The number of fused-ring (bicyclic) bond motifs is 1.